The van der Waals surface area contributed by atoms with Crippen molar-refractivity contribution in [3.63, 3.8) is 0 Å². The first-order valence-electron chi connectivity index (χ1n) is 10.1. The second-order valence-corrected chi connectivity index (χ2v) is 12.5. The lowest BCUT2D eigenvalue weighted by molar-refractivity contribution is -0.119. The van der Waals surface area contributed by atoms with Gasteiger partial charge < -0.3 is 10.1 Å². The first-order valence-corrected chi connectivity index (χ1v) is 13.9. The molecule has 0 aliphatic carbocycles. The van der Waals surface area contributed by atoms with E-state index >= 15 is 0 Å². The highest BCUT2D eigenvalue weighted by atomic mass is 32.2. The van der Waals surface area contributed by atoms with Gasteiger partial charge in [0, 0.05) is 19.8 Å². The number of hydrogen-bond acceptors (Lipinski definition) is 8. The van der Waals surface area contributed by atoms with Crippen LogP contribution >= 0.6 is 11.3 Å². The zero-order valence-corrected chi connectivity index (χ0v) is 21.5. The molecule has 0 aliphatic rings. The molecular weight excluding hydrogens is 514 g/mol. The molecule has 0 radical (unpaired) electrons. The average molecular weight is 538 g/mol. The standard InChI is InChI=1S/C22H23N3O7S3/c1-15-10-11-16(35(30,31)25(2)3)13-19(15)23-20(26)14-32-22(27)17-7-4-5-8-18(17)24-34(28,29)21-9-6-12-33-21/h4-13,24H,14H2,1-3H3,(H,23,26). The van der Waals surface area contributed by atoms with E-state index < -0.39 is 38.5 Å². The van der Waals surface area contributed by atoms with Crippen LogP contribution in [0.1, 0.15) is 15.9 Å². The Labute approximate surface area is 207 Å². The number of ether oxygens (including phenoxy) is 1. The van der Waals surface area contributed by atoms with Crippen molar-refractivity contribution in [2.75, 3.05) is 30.7 Å². The molecule has 13 heteroatoms. The molecule has 35 heavy (non-hydrogen) atoms. The molecule has 2 N–H and O–H groups in total. The van der Waals surface area contributed by atoms with Gasteiger partial charge in [-0.25, -0.2) is 25.9 Å². The van der Waals surface area contributed by atoms with Crippen LogP contribution in [0.4, 0.5) is 11.4 Å². The summed E-state index contributed by atoms with van der Waals surface area (Å²) in [4.78, 5) is 25.0. The fourth-order valence-corrected chi connectivity index (χ4v) is 5.86. The van der Waals surface area contributed by atoms with Gasteiger partial charge in [-0.3, -0.25) is 9.52 Å². The van der Waals surface area contributed by atoms with Crippen molar-refractivity contribution < 1.29 is 31.2 Å². The lowest BCUT2D eigenvalue weighted by Crippen LogP contribution is -2.24. The topological polar surface area (TPSA) is 139 Å². The van der Waals surface area contributed by atoms with Crippen molar-refractivity contribution in [1.82, 2.24) is 4.31 Å². The zero-order chi connectivity index (χ0) is 25.8. The second kappa shape index (κ2) is 10.6. The summed E-state index contributed by atoms with van der Waals surface area (Å²) in [6, 6.07) is 13.2. The fraction of sp³-hybridized carbons (Fsp3) is 0.182. The van der Waals surface area contributed by atoms with Gasteiger partial charge in [0.15, 0.2) is 6.61 Å². The summed E-state index contributed by atoms with van der Waals surface area (Å²) in [5.74, 6) is -1.61. The van der Waals surface area contributed by atoms with Crippen molar-refractivity contribution in [2.24, 2.45) is 0 Å². The molecule has 10 nitrogen and oxygen atoms in total. The van der Waals surface area contributed by atoms with Gasteiger partial charge in [-0.2, -0.15) is 0 Å². The molecule has 0 aliphatic heterocycles. The number of amides is 1. The van der Waals surface area contributed by atoms with Crippen LogP contribution in [0.2, 0.25) is 0 Å². The van der Waals surface area contributed by atoms with Gasteiger partial charge in [-0.1, -0.05) is 24.3 Å². The smallest absolute Gasteiger partial charge is 0.340 e. The molecule has 3 rings (SSSR count). The number of carbonyl (C=O) groups excluding carboxylic acids is 2. The van der Waals surface area contributed by atoms with E-state index in [-0.39, 0.29) is 26.0 Å². The number of carbonyl (C=O) groups is 2. The van der Waals surface area contributed by atoms with Crippen LogP contribution in [0.3, 0.4) is 0 Å². The van der Waals surface area contributed by atoms with Crippen molar-refractivity contribution in [2.45, 2.75) is 16.0 Å². The van der Waals surface area contributed by atoms with Crippen LogP contribution in [-0.2, 0) is 29.6 Å². The largest absolute Gasteiger partial charge is 0.452 e. The minimum absolute atomic E-state index is 0.00347. The number of sulfonamides is 2. The third-order valence-corrected chi connectivity index (χ3v) is 9.32. The molecule has 0 bridgehead atoms. The number of esters is 1. The molecule has 0 spiro atoms. The van der Waals surface area contributed by atoms with Gasteiger partial charge in [0.05, 0.1) is 16.1 Å². The third kappa shape index (κ3) is 6.25. The highest BCUT2D eigenvalue weighted by Gasteiger charge is 2.22. The first kappa shape index (κ1) is 26.3. The molecule has 0 unspecified atom stereocenters. The molecule has 3 aromatic rings. The highest BCUT2D eigenvalue weighted by molar-refractivity contribution is 7.94. The lowest BCUT2D eigenvalue weighted by atomic mass is 10.2. The molecule has 0 saturated carbocycles. The summed E-state index contributed by atoms with van der Waals surface area (Å²) in [5.41, 5.74) is 0.785. The number of thiophene rings is 1. The normalized spacial score (nSPS) is 11.8. The Hall–Kier alpha value is -3.26. The Morgan fingerprint density at radius 2 is 1.69 bits per heavy atom. The van der Waals surface area contributed by atoms with E-state index in [1.165, 1.54) is 50.5 Å². The number of para-hydroxylation sites is 1. The van der Waals surface area contributed by atoms with Gasteiger partial charge in [0.25, 0.3) is 15.9 Å². The van der Waals surface area contributed by atoms with Gasteiger partial charge >= 0.3 is 5.97 Å². The monoisotopic (exact) mass is 537 g/mol. The minimum Gasteiger partial charge on any atom is -0.452 e. The minimum atomic E-state index is -3.90. The van der Waals surface area contributed by atoms with Gasteiger partial charge in [0.2, 0.25) is 10.0 Å². The summed E-state index contributed by atoms with van der Waals surface area (Å²) in [7, 11) is -4.82. The van der Waals surface area contributed by atoms with E-state index in [2.05, 4.69) is 10.0 Å². The summed E-state index contributed by atoms with van der Waals surface area (Å²) in [6.45, 7) is 1.01. The van der Waals surface area contributed by atoms with E-state index in [1.807, 2.05) is 0 Å². The Morgan fingerprint density at radius 3 is 2.34 bits per heavy atom. The van der Waals surface area contributed by atoms with Gasteiger partial charge in [0.1, 0.15) is 4.21 Å². The van der Waals surface area contributed by atoms with E-state index in [0.29, 0.717) is 5.56 Å². The van der Waals surface area contributed by atoms with Crippen molar-refractivity contribution >= 4 is 54.6 Å². The van der Waals surface area contributed by atoms with E-state index in [0.717, 1.165) is 15.6 Å². The summed E-state index contributed by atoms with van der Waals surface area (Å²) >= 11 is 1.02. The maximum absolute atomic E-state index is 12.6. The number of benzene rings is 2. The maximum atomic E-state index is 12.6. The Bertz CT molecular complexity index is 1450. The number of nitrogens with zero attached hydrogens (tertiary/aromatic N) is 1. The summed E-state index contributed by atoms with van der Waals surface area (Å²) < 4.78 is 58.3. The number of hydrogen-bond donors (Lipinski definition) is 2. The molecule has 2 aromatic carbocycles. The van der Waals surface area contributed by atoms with Gasteiger partial charge in [-0.05, 0) is 48.2 Å². The Balaban J connectivity index is 1.70. The van der Waals surface area contributed by atoms with Crippen molar-refractivity contribution in [1.29, 1.82) is 0 Å². The van der Waals surface area contributed by atoms with Gasteiger partial charge in [-0.15, -0.1) is 11.3 Å². The average Bonchev–Trinajstić information content (AvgIpc) is 3.35. The van der Waals surface area contributed by atoms with Crippen LogP contribution in [0.15, 0.2) is 69.1 Å². The zero-order valence-electron chi connectivity index (χ0n) is 19.0. The van der Waals surface area contributed by atoms with E-state index in [4.69, 9.17) is 4.74 Å². The second-order valence-electron chi connectivity index (χ2n) is 7.47. The number of nitrogens with one attached hydrogen (secondary N) is 2. The molecule has 0 atom stereocenters. The van der Waals surface area contributed by atoms with Crippen LogP contribution < -0.4 is 10.0 Å². The van der Waals surface area contributed by atoms with Crippen LogP contribution in [0, 0.1) is 6.92 Å². The fourth-order valence-electron chi connectivity index (χ4n) is 2.86. The van der Waals surface area contributed by atoms with Crippen molar-refractivity contribution in [3.05, 3.63) is 71.1 Å². The molecule has 186 valence electrons. The molecular formula is C22H23N3O7S3. The summed E-state index contributed by atoms with van der Waals surface area (Å²) in [6.07, 6.45) is 0. The Kier molecular flexibility index (Phi) is 7.95. The number of anilines is 2. The van der Waals surface area contributed by atoms with Crippen molar-refractivity contribution in [3.8, 4) is 0 Å². The van der Waals surface area contributed by atoms with E-state index in [9.17, 15) is 26.4 Å². The predicted octanol–water partition coefficient (Wildman–Crippen LogP) is 2.90. The third-order valence-electron chi connectivity index (χ3n) is 4.75. The SMILES string of the molecule is Cc1ccc(S(=O)(=O)N(C)C)cc1NC(=O)COC(=O)c1ccccc1NS(=O)(=O)c1cccs1. The van der Waals surface area contributed by atoms with Crippen LogP contribution in [0.25, 0.3) is 0 Å². The lowest BCUT2D eigenvalue weighted by Gasteiger charge is -2.15. The van der Waals surface area contributed by atoms with Crippen LogP contribution in [0.5, 0.6) is 0 Å². The quantitative estimate of drug-likeness (QED) is 0.400. The maximum Gasteiger partial charge on any atom is 0.340 e. The number of rotatable bonds is 9. The Morgan fingerprint density at radius 1 is 0.971 bits per heavy atom. The molecule has 1 amide bonds. The molecule has 0 fully saturated rings. The highest BCUT2D eigenvalue weighted by Crippen LogP contribution is 2.24. The molecule has 1 heterocycles. The first-order chi connectivity index (χ1) is 16.4. The molecule has 0 saturated heterocycles. The summed E-state index contributed by atoms with van der Waals surface area (Å²) in [5, 5.41) is 4.14. The number of aryl methyl sites for hydroxylation is 1. The predicted molar refractivity (Wildman–Crippen MR) is 133 cm³/mol. The van der Waals surface area contributed by atoms with Crippen LogP contribution in [-0.4, -0.2) is 53.7 Å². The molecule has 1 aromatic heterocycles. The van der Waals surface area contributed by atoms with E-state index in [1.54, 1.807) is 30.5 Å².